The fraction of sp³-hybridized carbons (Fsp3) is 0.0189. The topological polar surface area (TPSA) is 16.4 Å². The van der Waals surface area contributed by atoms with E-state index in [1.165, 1.54) is 83.2 Å². The standard InChI is InChI=1S/C53H31NO/c1-2-13-32(14-3-1)54(48-30-28-40-35-16-5-4-15-34(35)39-20-12-21-43(48)50(39)40)33-25-26-37-36-17-6-9-22-44(36)53(47(37)31-33)45-23-10-7-19-42(45)51-46(53)29-27-41-38-18-8-11-24-49(38)55-52(41)51/h1-31H/t53-/m1/s1. The van der Waals surface area contributed by atoms with Gasteiger partial charge in [-0.25, -0.2) is 0 Å². The van der Waals surface area contributed by atoms with Crippen molar-refractivity contribution in [2.24, 2.45) is 0 Å². The number of fused-ring (bicyclic) bond motifs is 17. The quantitative estimate of drug-likeness (QED) is 0.183. The van der Waals surface area contributed by atoms with E-state index in [0.717, 1.165) is 33.3 Å². The summed E-state index contributed by atoms with van der Waals surface area (Å²) in [6.07, 6.45) is 0. The molecule has 0 unspecified atom stereocenters. The SMILES string of the molecule is c1ccc(N(c2ccc3c(c2)[C@]2(c4ccccc4-3)c3ccccc3-c3c2ccc2c3oc3ccccc32)c2ccc3c4c(cccc24)-c2ccccc2-3)cc1. The Morgan fingerprint density at radius 2 is 0.982 bits per heavy atom. The largest absolute Gasteiger partial charge is 0.455 e. The zero-order valence-electron chi connectivity index (χ0n) is 29.8. The summed E-state index contributed by atoms with van der Waals surface area (Å²) in [5, 5.41) is 4.88. The Bertz CT molecular complexity index is 3250. The van der Waals surface area contributed by atoms with Crippen LogP contribution in [0.3, 0.4) is 0 Å². The van der Waals surface area contributed by atoms with Crippen LogP contribution in [-0.4, -0.2) is 0 Å². The van der Waals surface area contributed by atoms with Gasteiger partial charge in [-0.1, -0.05) is 152 Å². The third-order valence-corrected chi connectivity index (χ3v) is 12.6. The lowest BCUT2D eigenvalue weighted by Gasteiger charge is -2.32. The fourth-order valence-electron chi connectivity index (χ4n) is 10.5. The maximum atomic E-state index is 6.79. The van der Waals surface area contributed by atoms with Gasteiger partial charge < -0.3 is 9.32 Å². The fourth-order valence-corrected chi connectivity index (χ4v) is 10.5. The molecule has 9 aromatic carbocycles. The van der Waals surface area contributed by atoms with Crippen LogP contribution in [0.5, 0.6) is 0 Å². The highest BCUT2D eigenvalue weighted by molar-refractivity contribution is 6.19. The smallest absolute Gasteiger partial charge is 0.143 e. The molecule has 0 aliphatic heterocycles. The van der Waals surface area contributed by atoms with E-state index in [1.54, 1.807) is 0 Å². The first-order valence-corrected chi connectivity index (χ1v) is 19.1. The number of benzene rings is 9. The van der Waals surface area contributed by atoms with Crippen LogP contribution in [0.25, 0.3) is 77.2 Å². The molecule has 1 spiro atoms. The summed E-state index contributed by atoms with van der Waals surface area (Å²) >= 11 is 0. The summed E-state index contributed by atoms with van der Waals surface area (Å²) in [6.45, 7) is 0. The monoisotopic (exact) mass is 697 g/mol. The van der Waals surface area contributed by atoms with Crippen molar-refractivity contribution in [2.75, 3.05) is 4.90 Å². The third kappa shape index (κ3) is 3.60. The Morgan fingerprint density at radius 1 is 0.364 bits per heavy atom. The molecule has 2 heteroatoms. The molecular formula is C53H31NO. The highest BCUT2D eigenvalue weighted by Gasteiger charge is 2.52. The molecular weight excluding hydrogens is 667 g/mol. The van der Waals surface area contributed by atoms with Crippen molar-refractivity contribution in [1.29, 1.82) is 0 Å². The normalized spacial score (nSPS) is 15.3. The predicted octanol–water partition coefficient (Wildman–Crippen LogP) is 14.2. The van der Waals surface area contributed by atoms with Gasteiger partial charge in [0.25, 0.3) is 0 Å². The Labute approximate surface area is 318 Å². The van der Waals surface area contributed by atoms with Crippen LogP contribution in [0.4, 0.5) is 17.1 Å². The van der Waals surface area contributed by atoms with Crippen molar-refractivity contribution >= 4 is 49.8 Å². The number of para-hydroxylation sites is 2. The average molecular weight is 698 g/mol. The van der Waals surface area contributed by atoms with Crippen molar-refractivity contribution in [2.45, 2.75) is 5.41 Å². The van der Waals surface area contributed by atoms with Gasteiger partial charge in [-0.3, -0.25) is 0 Å². The maximum absolute atomic E-state index is 6.79. The van der Waals surface area contributed by atoms with Crippen LogP contribution in [0, 0.1) is 0 Å². The molecule has 1 heterocycles. The molecule has 55 heavy (non-hydrogen) atoms. The lowest BCUT2D eigenvalue weighted by Crippen LogP contribution is -2.26. The predicted molar refractivity (Wildman–Crippen MR) is 227 cm³/mol. The van der Waals surface area contributed by atoms with E-state index >= 15 is 0 Å². The first kappa shape index (κ1) is 29.3. The first-order chi connectivity index (χ1) is 27.3. The molecule has 0 saturated heterocycles. The summed E-state index contributed by atoms with van der Waals surface area (Å²) in [4.78, 5) is 2.47. The molecule has 0 N–H and O–H groups in total. The number of hydrogen-bond donors (Lipinski definition) is 0. The van der Waals surface area contributed by atoms with E-state index in [-0.39, 0.29) is 0 Å². The van der Waals surface area contributed by atoms with Crippen LogP contribution in [0.2, 0.25) is 0 Å². The molecule has 2 nitrogen and oxygen atoms in total. The highest BCUT2D eigenvalue weighted by atomic mass is 16.3. The number of nitrogens with zero attached hydrogens (tertiary/aromatic N) is 1. The van der Waals surface area contributed by atoms with Gasteiger partial charge in [0, 0.05) is 33.1 Å². The molecule has 3 aliphatic carbocycles. The van der Waals surface area contributed by atoms with Gasteiger partial charge in [0.1, 0.15) is 11.2 Å². The Hall–Kier alpha value is -7.16. The molecule has 254 valence electrons. The number of hydrogen-bond acceptors (Lipinski definition) is 2. The minimum absolute atomic E-state index is 0.521. The molecule has 0 saturated carbocycles. The van der Waals surface area contributed by atoms with Crippen LogP contribution >= 0.6 is 0 Å². The molecule has 1 aromatic heterocycles. The van der Waals surface area contributed by atoms with Gasteiger partial charge in [-0.05, 0) is 103 Å². The maximum Gasteiger partial charge on any atom is 0.143 e. The molecule has 13 rings (SSSR count). The van der Waals surface area contributed by atoms with Crippen LogP contribution in [0.1, 0.15) is 22.3 Å². The Kier molecular flexibility index (Phi) is 5.59. The van der Waals surface area contributed by atoms with Crippen LogP contribution < -0.4 is 4.90 Å². The molecule has 10 aromatic rings. The molecule has 0 bridgehead atoms. The van der Waals surface area contributed by atoms with Crippen LogP contribution in [-0.2, 0) is 5.41 Å². The van der Waals surface area contributed by atoms with Gasteiger partial charge in [-0.15, -0.1) is 0 Å². The van der Waals surface area contributed by atoms with Crippen molar-refractivity contribution < 1.29 is 4.42 Å². The van der Waals surface area contributed by atoms with E-state index in [9.17, 15) is 0 Å². The lowest BCUT2D eigenvalue weighted by molar-refractivity contribution is 0.669. The lowest BCUT2D eigenvalue weighted by atomic mass is 9.70. The molecule has 0 amide bonds. The Morgan fingerprint density at radius 3 is 1.82 bits per heavy atom. The summed E-state index contributed by atoms with van der Waals surface area (Å²) < 4.78 is 6.79. The zero-order chi connectivity index (χ0) is 35.8. The van der Waals surface area contributed by atoms with E-state index in [1.807, 2.05) is 0 Å². The van der Waals surface area contributed by atoms with E-state index in [0.29, 0.717) is 0 Å². The van der Waals surface area contributed by atoms with Gasteiger partial charge in [0.15, 0.2) is 0 Å². The summed E-state index contributed by atoms with van der Waals surface area (Å²) in [6, 6.07) is 69.4. The second-order valence-corrected chi connectivity index (χ2v) is 15.1. The minimum atomic E-state index is -0.521. The minimum Gasteiger partial charge on any atom is -0.455 e. The third-order valence-electron chi connectivity index (χ3n) is 12.6. The number of furan rings is 1. The van der Waals surface area contributed by atoms with Crippen molar-refractivity contribution in [3.63, 3.8) is 0 Å². The first-order valence-electron chi connectivity index (χ1n) is 19.1. The molecule has 1 atom stereocenters. The van der Waals surface area contributed by atoms with Gasteiger partial charge in [0.05, 0.1) is 11.1 Å². The van der Waals surface area contributed by atoms with Crippen molar-refractivity contribution in [3.8, 4) is 44.5 Å². The summed E-state index contributed by atoms with van der Waals surface area (Å²) in [7, 11) is 0. The second kappa shape index (κ2) is 10.5. The van der Waals surface area contributed by atoms with Crippen LogP contribution in [0.15, 0.2) is 192 Å². The average Bonchev–Trinajstić information content (AvgIpc) is 3.96. The van der Waals surface area contributed by atoms with Crippen molar-refractivity contribution in [1.82, 2.24) is 0 Å². The van der Waals surface area contributed by atoms with Gasteiger partial charge >= 0.3 is 0 Å². The number of rotatable bonds is 3. The highest BCUT2D eigenvalue weighted by Crippen LogP contribution is 2.65. The van der Waals surface area contributed by atoms with E-state index in [4.69, 9.17) is 4.42 Å². The zero-order valence-corrected chi connectivity index (χ0v) is 29.8. The van der Waals surface area contributed by atoms with Gasteiger partial charge in [0.2, 0.25) is 0 Å². The summed E-state index contributed by atoms with van der Waals surface area (Å²) in [5.41, 5.74) is 20.2. The second-order valence-electron chi connectivity index (χ2n) is 15.1. The molecule has 0 radical (unpaired) electrons. The van der Waals surface area contributed by atoms with E-state index in [2.05, 4.69) is 193 Å². The summed E-state index contributed by atoms with van der Waals surface area (Å²) in [5.74, 6) is 0. The van der Waals surface area contributed by atoms with Gasteiger partial charge in [-0.2, -0.15) is 0 Å². The molecule has 3 aliphatic rings. The molecule has 0 fully saturated rings. The van der Waals surface area contributed by atoms with Crippen molar-refractivity contribution in [3.05, 3.63) is 210 Å². The Balaban J connectivity index is 1.11. The van der Waals surface area contributed by atoms with E-state index < -0.39 is 5.41 Å². The number of anilines is 3.